The summed E-state index contributed by atoms with van der Waals surface area (Å²) in [6.45, 7) is 2.89. The zero-order chi connectivity index (χ0) is 25.2. The Bertz CT molecular complexity index is 743. The predicted octanol–water partition coefficient (Wildman–Crippen LogP) is 4.24. The second kappa shape index (κ2) is 7.02. The minimum absolute atomic E-state index is 0.329. The molecule has 1 aromatic heterocycles. The second-order valence-corrected chi connectivity index (χ2v) is 7.47. The van der Waals surface area contributed by atoms with Crippen LogP contribution in [0.2, 0.25) is 0 Å². The normalized spacial score (nSPS) is 15.4. The van der Waals surface area contributed by atoms with Gasteiger partial charge >= 0.3 is 35.9 Å². The van der Waals surface area contributed by atoms with Crippen molar-refractivity contribution in [3.05, 3.63) is 34.3 Å². The third-order valence-electron chi connectivity index (χ3n) is 4.27. The van der Waals surface area contributed by atoms with E-state index in [0.29, 0.717) is 0 Å². The highest BCUT2D eigenvalue weighted by molar-refractivity contribution is 5.31. The van der Waals surface area contributed by atoms with E-state index in [9.17, 15) is 68.1 Å². The van der Waals surface area contributed by atoms with Crippen LogP contribution in [0.3, 0.4) is 0 Å². The molecule has 0 radical (unpaired) electrons. The summed E-state index contributed by atoms with van der Waals surface area (Å²) in [4.78, 5) is 0. The maximum atomic E-state index is 13.2. The highest BCUT2D eigenvalue weighted by atomic mass is 19.4. The quantitative estimate of drug-likeness (QED) is 0.376. The molecule has 0 atom stereocenters. The lowest BCUT2D eigenvalue weighted by Gasteiger charge is -2.35. The largest absolute Gasteiger partial charge is 0.618 e. The van der Waals surface area contributed by atoms with E-state index in [0.717, 1.165) is 20.8 Å². The van der Waals surface area contributed by atoms with Crippen molar-refractivity contribution < 1.29 is 67.6 Å². The average molecular weight is 483 g/mol. The summed E-state index contributed by atoms with van der Waals surface area (Å²) >= 11 is 0. The number of aliphatic hydroxyl groups is 2. The highest BCUT2D eigenvalue weighted by Crippen LogP contribution is 2.52. The van der Waals surface area contributed by atoms with Crippen molar-refractivity contribution in [2.75, 3.05) is 0 Å². The Hall–Kier alpha value is -1.97. The molecule has 4 nitrogen and oxygen atoms in total. The molecule has 0 amide bonds. The second-order valence-electron chi connectivity index (χ2n) is 7.47. The van der Waals surface area contributed by atoms with Gasteiger partial charge in [-0.2, -0.15) is 57.4 Å². The number of rotatable bonds is 2. The minimum Gasteiger partial charge on any atom is -0.618 e. The Labute approximate surface area is 165 Å². The minimum atomic E-state index is -6.81. The zero-order valence-electron chi connectivity index (χ0n) is 15.4. The van der Waals surface area contributed by atoms with Gasteiger partial charge < -0.3 is 15.4 Å². The van der Waals surface area contributed by atoms with E-state index in [-0.39, 0.29) is 12.1 Å². The summed E-state index contributed by atoms with van der Waals surface area (Å²) in [6, 6.07) is -0.657. The van der Waals surface area contributed by atoms with Crippen LogP contribution in [0.15, 0.2) is 12.1 Å². The first-order valence-corrected chi connectivity index (χ1v) is 7.75. The first-order chi connectivity index (χ1) is 13.2. The average Bonchev–Trinajstić information content (AvgIpc) is 2.48. The molecule has 0 fully saturated rings. The topological polar surface area (TPSA) is 67.4 Å². The Kier molecular flexibility index (Phi) is 6.12. The van der Waals surface area contributed by atoms with Gasteiger partial charge in [-0.05, 0) is 11.0 Å². The standard InChI is InChI=1S/C15H13F12NO3/c1-9(2,3)6-4-7(10(29,12(16,17)18)13(19,20)21)28(31)8(5-6)11(30,14(22,23)24)15(25,26)27/h4-5,29-30H,1-3H3. The van der Waals surface area contributed by atoms with Crippen molar-refractivity contribution in [1.29, 1.82) is 0 Å². The van der Waals surface area contributed by atoms with E-state index >= 15 is 0 Å². The zero-order valence-corrected chi connectivity index (χ0v) is 15.4. The molecule has 31 heavy (non-hydrogen) atoms. The predicted molar refractivity (Wildman–Crippen MR) is 76.1 cm³/mol. The molecule has 0 unspecified atom stereocenters. The number of halogens is 12. The maximum absolute atomic E-state index is 13.2. The van der Waals surface area contributed by atoms with Crippen LogP contribution in [-0.4, -0.2) is 34.9 Å². The Morgan fingerprint density at radius 1 is 0.613 bits per heavy atom. The van der Waals surface area contributed by atoms with E-state index in [4.69, 9.17) is 0 Å². The monoisotopic (exact) mass is 483 g/mol. The van der Waals surface area contributed by atoms with E-state index < -0.39 is 63.0 Å². The van der Waals surface area contributed by atoms with Crippen molar-refractivity contribution in [2.45, 2.75) is 62.1 Å². The molecule has 0 bridgehead atoms. The summed E-state index contributed by atoms with van der Waals surface area (Å²) in [5, 5.41) is 30.9. The Morgan fingerprint density at radius 2 is 0.839 bits per heavy atom. The highest BCUT2D eigenvalue weighted by Gasteiger charge is 2.79. The molecule has 180 valence electrons. The van der Waals surface area contributed by atoms with Crippen LogP contribution in [0.25, 0.3) is 0 Å². The van der Waals surface area contributed by atoms with E-state index in [1.165, 1.54) is 0 Å². The molecule has 0 aliphatic carbocycles. The summed E-state index contributed by atoms with van der Waals surface area (Å²) in [5.74, 6) is 0. The van der Waals surface area contributed by atoms with Gasteiger partial charge in [0.1, 0.15) is 0 Å². The lowest BCUT2D eigenvalue weighted by Crippen LogP contribution is -2.64. The van der Waals surface area contributed by atoms with E-state index in [1.807, 2.05) is 0 Å². The van der Waals surface area contributed by atoms with Crippen LogP contribution in [0.1, 0.15) is 37.7 Å². The number of nitrogens with zero attached hydrogens (tertiary/aromatic N) is 1. The van der Waals surface area contributed by atoms with Gasteiger partial charge in [-0.3, -0.25) is 0 Å². The smallest absolute Gasteiger partial charge is 0.436 e. The van der Waals surface area contributed by atoms with Crippen LogP contribution < -0.4 is 4.73 Å². The molecular weight excluding hydrogens is 470 g/mol. The molecule has 1 rings (SSSR count). The third kappa shape index (κ3) is 4.10. The van der Waals surface area contributed by atoms with Gasteiger partial charge in [0, 0.05) is 12.1 Å². The van der Waals surface area contributed by atoms with E-state index in [1.54, 1.807) is 0 Å². The summed E-state index contributed by atoms with van der Waals surface area (Å²) in [7, 11) is 0. The molecule has 0 saturated heterocycles. The molecule has 0 aliphatic heterocycles. The lowest BCUT2D eigenvalue weighted by molar-refractivity contribution is -0.657. The number of hydrogen-bond donors (Lipinski definition) is 2. The Balaban J connectivity index is 4.36. The molecule has 0 aromatic carbocycles. The van der Waals surface area contributed by atoms with Crippen molar-refractivity contribution in [3.63, 3.8) is 0 Å². The van der Waals surface area contributed by atoms with Gasteiger partial charge in [0.15, 0.2) is 0 Å². The van der Waals surface area contributed by atoms with Gasteiger partial charge in [0.25, 0.3) is 0 Å². The lowest BCUT2D eigenvalue weighted by atomic mass is 9.82. The molecule has 16 heteroatoms. The summed E-state index contributed by atoms with van der Waals surface area (Å²) in [5.41, 5.74) is -21.1. The van der Waals surface area contributed by atoms with Crippen molar-refractivity contribution in [1.82, 2.24) is 0 Å². The molecule has 0 saturated carbocycles. The van der Waals surface area contributed by atoms with Crippen LogP contribution in [-0.2, 0) is 16.6 Å². The molecule has 1 heterocycles. The Morgan fingerprint density at radius 3 is 1.00 bits per heavy atom. The number of hydrogen-bond acceptors (Lipinski definition) is 3. The fourth-order valence-electron chi connectivity index (χ4n) is 2.42. The maximum Gasteiger partial charge on any atom is 0.436 e. The van der Waals surface area contributed by atoms with Crippen molar-refractivity contribution >= 4 is 0 Å². The molecule has 0 aliphatic rings. The summed E-state index contributed by atoms with van der Waals surface area (Å²) in [6.07, 6.45) is -27.2. The van der Waals surface area contributed by atoms with Crippen LogP contribution in [0.5, 0.6) is 0 Å². The third-order valence-corrected chi connectivity index (χ3v) is 4.27. The van der Waals surface area contributed by atoms with Crippen LogP contribution in [0.4, 0.5) is 52.7 Å². The number of aromatic nitrogens is 1. The van der Waals surface area contributed by atoms with Gasteiger partial charge in [0.2, 0.25) is 11.4 Å². The SMILES string of the molecule is CC(C)(C)c1cc(C(O)(C(F)(F)F)C(F)(F)F)[n+]([O-])c(C(O)(C(F)(F)F)C(F)(F)F)c1. The first kappa shape index (κ1) is 27.1. The van der Waals surface area contributed by atoms with E-state index in [2.05, 4.69) is 0 Å². The molecular formula is C15H13F12NO3. The van der Waals surface area contributed by atoms with Crippen LogP contribution in [0, 0.1) is 5.21 Å². The molecule has 0 spiro atoms. The molecule has 1 aromatic rings. The van der Waals surface area contributed by atoms with Crippen LogP contribution >= 0.6 is 0 Å². The van der Waals surface area contributed by atoms with Gasteiger partial charge in [-0.1, -0.05) is 20.8 Å². The van der Waals surface area contributed by atoms with Gasteiger partial charge in [-0.25, -0.2) is 0 Å². The van der Waals surface area contributed by atoms with Gasteiger partial charge in [0.05, 0.1) is 0 Å². The van der Waals surface area contributed by atoms with Crippen molar-refractivity contribution in [2.24, 2.45) is 0 Å². The number of pyridine rings is 1. The van der Waals surface area contributed by atoms with Gasteiger partial charge in [-0.15, -0.1) is 0 Å². The fraction of sp³-hybridized carbons (Fsp3) is 0.667. The number of alkyl halides is 12. The molecule has 2 N–H and O–H groups in total. The first-order valence-electron chi connectivity index (χ1n) is 7.75. The fourth-order valence-corrected chi connectivity index (χ4v) is 2.42. The van der Waals surface area contributed by atoms with Crippen molar-refractivity contribution in [3.8, 4) is 0 Å². The summed E-state index contributed by atoms with van der Waals surface area (Å²) < 4.78 is 156.